The summed E-state index contributed by atoms with van der Waals surface area (Å²) in [6, 6.07) is 11.0. The molecule has 0 aliphatic carbocycles. The van der Waals surface area contributed by atoms with E-state index in [1.165, 1.54) is 12.1 Å². The lowest BCUT2D eigenvalue weighted by Gasteiger charge is -2.11. The number of ether oxygens (including phenoxy) is 1. The molecule has 3 aromatic rings. The van der Waals surface area contributed by atoms with Crippen LogP contribution in [0.2, 0.25) is 0 Å². The number of unbranched alkanes of at least 4 members (excludes halogenated alkanes) is 1. The molecule has 1 aromatic heterocycles. The number of phenols is 2. The average Bonchev–Trinajstić information content (AvgIpc) is 2.70. The van der Waals surface area contributed by atoms with Crippen molar-refractivity contribution in [2.24, 2.45) is 0 Å². The fraction of sp³-hybridized carbons (Fsp3) is 0.190. The second-order valence-corrected chi connectivity index (χ2v) is 6.34. The van der Waals surface area contributed by atoms with Gasteiger partial charge in [0.25, 0.3) is 0 Å². The molecule has 0 fully saturated rings. The van der Waals surface area contributed by atoms with Crippen LogP contribution in [0.25, 0.3) is 22.3 Å². The van der Waals surface area contributed by atoms with Crippen LogP contribution < -0.4 is 10.2 Å². The van der Waals surface area contributed by atoms with E-state index in [0.717, 1.165) is 0 Å². The molecule has 0 aliphatic rings. The summed E-state index contributed by atoms with van der Waals surface area (Å²) in [6.45, 7) is 0. The van der Waals surface area contributed by atoms with Gasteiger partial charge < -0.3 is 24.5 Å². The van der Waals surface area contributed by atoms with Gasteiger partial charge in [0, 0.05) is 18.4 Å². The van der Waals surface area contributed by atoms with Crippen molar-refractivity contribution < 1.29 is 34.1 Å². The van der Waals surface area contributed by atoms with Crippen LogP contribution in [-0.2, 0) is 9.59 Å². The zero-order chi connectivity index (χ0) is 21.0. The first-order valence-electron chi connectivity index (χ1n) is 8.88. The first-order valence-corrected chi connectivity index (χ1v) is 8.88. The van der Waals surface area contributed by atoms with E-state index in [1.807, 2.05) is 0 Å². The minimum atomic E-state index is -0.963. The first-order chi connectivity index (χ1) is 13.9. The van der Waals surface area contributed by atoms with Gasteiger partial charge in [-0.3, -0.25) is 14.4 Å². The number of esters is 1. The van der Waals surface area contributed by atoms with Gasteiger partial charge in [0.1, 0.15) is 11.0 Å². The maximum Gasteiger partial charge on any atom is 0.311 e. The summed E-state index contributed by atoms with van der Waals surface area (Å²) in [7, 11) is 0. The van der Waals surface area contributed by atoms with Crippen LogP contribution in [0.5, 0.6) is 17.2 Å². The molecule has 0 radical (unpaired) electrons. The number of carbonyl (C=O) groups excluding carboxylic acids is 1. The van der Waals surface area contributed by atoms with Crippen LogP contribution in [0.3, 0.4) is 0 Å². The summed E-state index contributed by atoms with van der Waals surface area (Å²) < 4.78 is 11.0. The number of benzene rings is 2. The Labute approximate surface area is 164 Å². The highest BCUT2D eigenvalue weighted by atomic mass is 16.5. The SMILES string of the molecule is O=C(O)CCCCC(=O)Oc1c(-c2ccccc2)oc2ccc(O)c(O)c2c1=O. The Hall–Kier alpha value is -3.81. The standard InChI is InChI=1S/C21H18O8/c22-13-10-11-14-17(18(13)26)19(27)21(20(28-14)12-6-2-1-3-7-12)29-16(25)9-5-4-8-15(23)24/h1-3,6-7,10-11,22,26H,4-5,8-9H2,(H,23,24). The molecule has 0 atom stereocenters. The average molecular weight is 398 g/mol. The summed E-state index contributed by atoms with van der Waals surface area (Å²) in [5, 5.41) is 28.1. The number of carbonyl (C=O) groups is 2. The Kier molecular flexibility index (Phi) is 5.82. The summed E-state index contributed by atoms with van der Waals surface area (Å²) in [4.78, 5) is 35.7. The molecule has 8 heteroatoms. The van der Waals surface area contributed by atoms with E-state index >= 15 is 0 Å². The van der Waals surface area contributed by atoms with Gasteiger partial charge in [0.05, 0.1) is 0 Å². The molecule has 150 valence electrons. The zero-order valence-electron chi connectivity index (χ0n) is 15.3. The lowest BCUT2D eigenvalue weighted by molar-refractivity contribution is -0.138. The van der Waals surface area contributed by atoms with Crippen molar-refractivity contribution in [3.05, 3.63) is 52.7 Å². The molecule has 0 unspecified atom stereocenters. The summed E-state index contributed by atoms with van der Waals surface area (Å²) in [5.41, 5.74) is -0.310. The number of phenolic OH excluding ortho intramolecular Hbond substituents is 2. The minimum absolute atomic E-state index is 0.00655. The zero-order valence-corrected chi connectivity index (χ0v) is 15.3. The van der Waals surface area contributed by atoms with Crippen molar-refractivity contribution in [1.29, 1.82) is 0 Å². The van der Waals surface area contributed by atoms with Crippen molar-refractivity contribution in [2.45, 2.75) is 25.7 Å². The predicted octanol–water partition coefficient (Wildman–Crippen LogP) is 3.42. The quantitative estimate of drug-likeness (QED) is 0.313. The first kappa shape index (κ1) is 19.9. The number of aromatic hydroxyl groups is 2. The minimum Gasteiger partial charge on any atom is -0.504 e. The number of carboxylic acids is 1. The Morgan fingerprint density at radius 1 is 0.966 bits per heavy atom. The van der Waals surface area contributed by atoms with Gasteiger partial charge in [0.15, 0.2) is 17.3 Å². The van der Waals surface area contributed by atoms with E-state index in [9.17, 15) is 24.6 Å². The number of hydrogen-bond acceptors (Lipinski definition) is 7. The highest BCUT2D eigenvalue weighted by Gasteiger charge is 2.23. The van der Waals surface area contributed by atoms with Gasteiger partial charge in [-0.2, -0.15) is 0 Å². The molecular formula is C21H18O8. The Bertz CT molecular complexity index is 1110. The number of aliphatic carboxylic acids is 1. The lowest BCUT2D eigenvalue weighted by Crippen LogP contribution is -2.16. The summed E-state index contributed by atoms with van der Waals surface area (Å²) >= 11 is 0. The van der Waals surface area contributed by atoms with Crippen LogP contribution in [0.4, 0.5) is 0 Å². The second-order valence-electron chi connectivity index (χ2n) is 6.34. The Morgan fingerprint density at radius 2 is 1.66 bits per heavy atom. The fourth-order valence-electron chi connectivity index (χ4n) is 2.82. The predicted molar refractivity (Wildman–Crippen MR) is 103 cm³/mol. The topological polar surface area (TPSA) is 134 Å². The van der Waals surface area contributed by atoms with Crippen LogP contribution in [0, 0.1) is 0 Å². The molecular weight excluding hydrogens is 380 g/mol. The largest absolute Gasteiger partial charge is 0.504 e. The van der Waals surface area contributed by atoms with Crippen molar-refractivity contribution in [3.8, 4) is 28.6 Å². The molecule has 2 aromatic carbocycles. The molecule has 0 saturated heterocycles. The van der Waals surface area contributed by atoms with Crippen molar-refractivity contribution >= 4 is 22.9 Å². The Morgan fingerprint density at radius 3 is 2.34 bits per heavy atom. The molecule has 3 rings (SSSR count). The van der Waals surface area contributed by atoms with Crippen molar-refractivity contribution in [2.75, 3.05) is 0 Å². The van der Waals surface area contributed by atoms with Gasteiger partial charge in [-0.15, -0.1) is 0 Å². The van der Waals surface area contributed by atoms with Gasteiger partial charge >= 0.3 is 11.9 Å². The van der Waals surface area contributed by atoms with Crippen LogP contribution in [0.15, 0.2) is 51.7 Å². The van der Waals surface area contributed by atoms with E-state index in [4.69, 9.17) is 14.3 Å². The van der Waals surface area contributed by atoms with E-state index in [2.05, 4.69) is 0 Å². The van der Waals surface area contributed by atoms with Crippen LogP contribution >= 0.6 is 0 Å². The third-order valence-electron chi connectivity index (χ3n) is 4.24. The van der Waals surface area contributed by atoms with E-state index in [1.54, 1.807) is 30.3 Å². The molecule has 0 bridgehead atoms. The molecule has 3 N–H and O–H groups in total. The van der Waals surface area contributed by atoms with Gasteiger partial charge in [0.2, 0.25) is 11.2 Å². The molecule has 0 amide bonds. The maximum absolute atomic E-state index is 13.0. The van der Waals surface area contributed by atoms with Crippen LogP contribution in [0.1, 0.15) is 25.7 Å². The summed E-state index contributed by atoms with van der Waals surface area (Å²) in [6.07, 6.45) is 0.395. The molecule has 0 aliphatic heterocycles. The molecule has 0 spiro atoms. The molecule has 1 heterocycles. The number of rotatable bonds is 7. The third-order valence-corrected chi connectivity index (χ3v) is 4.24. The number of fused-ring (bicyclic) bond motifs is 1. The number of hydrogen-bond donors (Lipinski definition) is 3. The van der Waals surface area contributed by atoms with Crippen molar-refractivity contribution in [1.82, 2.24) is 0 Å². The second kappa shape index (κ2) is 8.47. The molecule has 29 heavy (non-hydrogen) atoms. The van der Waals surface area contributed by atoms with E-state index in [0.29, 0.717) is 5.56 Å². The van der Waals surface area contributed by atoms with Crippen LogP contribution in [-0.4, -0.2) is 27.3 Å². The highest BCUT2D eigenvalue weighted by Crippen LogP contribution is 2.37. The Balaban J connectivity index is 2.02. The smallest absolute Gasteiger partial charge is 0.311 e. The monoisotopic (exact) mass is 398 g/mol. The normalized spacial score (nSPS) is 10.8. The van der Waals surface area contributed by atoms with E-state index in [-0.39, 0.29) is 42.4 Å². The number of carboxylic acid groups (broad SMARTS) is 1. The third kappa shape index (κ3) is 4.37. The van der Waals surface area contributed by atoms with E-state index < -0.39 is 34.6 Å². The van der Waals surface area contributed by atoms with Crippen molar-refractivity contribution in [3.63, 3.8) is 0 Å². The highest BCUT2D eigenvalue weighted by molar-refractivity contribution is 5.90. The summed E-state index contributed by atoms with van der Waals surface area (Å²) in [5.74, 6) is -3.29. The fourth-order valence-corrected chi connectivity index (χ4v) is 2.82. The van der Waals surface area contributed by atoms with Gasteiger partial charge in [-0.05, 0) is 25.0 Å². The molecule has 8 nitrogen and oxygen atoms in total. The maximum atomic E-state index is 13.0. The lowest BCUT2D eigenvalue weighted by atomic mass is 10.1. The molecule has 0 saturated carbocycles. The van der Waals surface area contributed by atoms with Gasteiger partial charge in [-0.1, -0.05) is 30.3 Å². The van der Waals surface area contributed by atoms with Gasteiger partial charge in [-0.25, -0.2) is 0 Å².